The third kappa shape index (κ3) is 3.35. The van der Waals surface area contributed by atoms with Crippen molar-refractivity contribution in [2.45, 2.75) is 20.4 Å². The molecule has 1 aromatic carbocycles. The molecule has 0 unspecified atom stereocenters. The average Bonchev–Trinajstić information content (AvgIpc) is 3.20. The molecule has 7 heteroatoms. The molecule has 5 nitrogen and oxygen atoms in total. The molecule has 0 spiro atoms. The minimum absolute atomic E-state index is 0.252. The summed E-state index contributed by atoms with van der Waals surface area (Å²) in [5.41, 5.74) is 2.09. The van der Waals surface area contributed by atoms with E-state index in [1.165, 1.54) is 17.5 Å². The minimum Gasteiger partial charge on any atom is -0.462 e. The van der Waals surface area contributed by atoms with Gasteiger partial charge in [0, 0.05) is 17.1 Å². The van der Waals surface area contributed by atoms with Crippen LogP contribution in [0, 0.1) is 12.7 Å². The smallest absolute Gasteiger partial charge is 0.341 e. The Kier molecular flexibility index (Phi) is 4.71. The number of aryl methyl sites for hydroxylation is 1. The van der Waals surface area contributed by atoms with Crippen LogP contribution in [0.1, 0.15) is 27.9 Å². The number of ether oxygens (including phenoxy) is 1. The van der Waals surface area contributed by atoms with Gasteiger partial charge in [0.05, 0.1) is 30.6 Å². The molecule has 3 aromatic rings. The molecule has 124 valence electrons. The van der Waals surface area contributed by atoms with Crippen molar-refractivity contribution in [3.63, 3.8) is 0 Å². The van der Waals surface area contributed by atoms with Crippen LogP contribution in [-0.4, -0.2) is 27.3 Å². The van der Waals surface area contributed by atoms with E-state index < -0.39 is 5.97 Å². The van der Waals surface area contributed by atoms with Crippen molar-refractivity contribution in [3.05, 3.63) is 57.9 Å². The van der Waals surface area contributed by atoms with Crippen LogP contribution >= 0.6 is 11.3 Å². The van der Waals surface area contributed by atoms with Crippen LogP contribution in [0.5, 0.6) is 0 Å². The molecule has 3 rings (SSSR count). The van der Waals surface area contributed by atoms with Gasteiger partial charge in [0.2, 0.25) is 0 Å². The second kappa shape index (κ2) is 6.92. The van der Waals surface area contributed by atoms with Crippen LogP contribution in [0.4, 0.5) is 4.39 Å². The zero-order valence-electron chi connectivity index (χ0n) is 13.3. The van der Waals surface area contributed by atoms with Crippen molar-refractivity contribution in [2.75, 3.05) is 6.61 Å². The Hall–Kier alpha value is -2.54. The Morgan fingerprint density at radius 1 is 1.42 bits per heavy atom. The topological polar surface area (TPSA) is 57.0 Å². The van der Waals surface area contributed by atoms with E-state index in [2.05, 4.69) is 10.1 Å². The van der Waals surface area contributed by atoms with E-state index in [9.17, 15) is 9.18 Å². The summed E-state index contributed by atoms with van der Waals surface area (Å²) in [5, 5.41) is 6.74. The van der Waals surface area contributed by atoms with Gasteiger partial charge in [-0.2, -0.15) is 5.10 Å². The summed E-state index contributed by atoms with van der Waals surface area (Å²) in [6.07, 6.45) is 3.08. The first-order valence-electron chi connectivity index (χ1n) is 7.48. The maximum atomic E-state index is 14.2. The van der Waals surface area contributed by atoms with Gasteiger partial charge in [-0.05, 0) is 25.5 Å². The third-order valence-corrected chi connectivity index (χ3v) is 4.29. The molecule has 0 aliphatic carbocycles. The summed E-state index contributed by atoms with van der Waals surface area (Å²) in [4.78, 5) is 16.1. The molecule has 24 heavy (non-hydrogen) atoms. The highest BCUT2D eigenvalue weighted by Gasteiger charge is 2.13. The van der Waals surface area contributed by atoms with E-state index in [4.69, 9.17) is 4.74 Å². The Morgan fingerprint density at radius 2 is 2.25 bits per heavy atom. The van der Waals surface area contributed by atoms with E-state index in [1.807, 2.05) is 11.4 Å². The minimum atomic E-state index is -0.398. The number of benzene rings is 1. The van der Waals surface area contributed by atoms with Crippen LogP contribution in [-0.2, 0) is 11.3 Å². The van der Waals surface area contributed by atoms with Gasteiger partial charge in [0.25, 0.3) is 0 Å². The van der Waals surface area contributed by atoms with Gasteiger partial charge in [0.1, 0.15) is 10.8 Å². The molecule has 0 fully saturated rings. The van der Waals surface area contributed by atoms with Gasteiger partial charge in [-0.3, -0.25) is 4.68 Å². The lowest BCUT2D eigenvalue weighted by Crippen LogP contribution is -2.04. The molecule has 0 N–H and O–H groups in total. The lowest BCUT2D eigenvalue weighted by Gasteiger charge is -2.02. The SMILES string of the molecule is CCOC(=O)c1cnn(Cc2nc(-c3cccc(C)c3F)cs2)c1. The summed E-state index contributed by atoms with van der Waals surface area (Å²) < 4.78 is 20.7. The van der Waals surface area contributed by atoms with Gasteiger partial charge in [-0.25, -0.2) is 14.2 Å². The van der Waals surface area contributed by atoms with Crippen molar-refractivity contribution in [1.29, 1.82) is 0 Å². The fraction of sp³-hybridized carbons (Fsp3) is 0.235. The Balaban J connectivity index is 1.77. The van der Waals surface area contributed by atoms with Crippen molar-refractivity contribution >= 4 is 17.3 Å². The molecule has 0 aliphatic rings. The molecule has 0 saturated heterocycles. The van der Waals surface area contributed by atoms with Gasteiger partial charge < -0.3 is 4.74 Å². The Morgan fingerprint density at radius 3 is 3.04 bits per heavy atom. The van der Waals surface area contributed by atoms with Gasteiger partial charge >= 0.3 is 5.97 Å². The second-order valence-corrected chi connectivity index (χ2v) is 6.15. The first-order chi connectivity index (χ1) is 11.6. The van der Waals surface area contributed by atoms with Crippen molar-refractivity contribution in [3.8, 4) is 11.3 Å². The van der Waals surface area contributed by atoms with E-state index in [-0.39, 0.29) is 5.82 Å². The standard InChI is InChI=1S/C17H16FN3O2S/c1-3-23-17(22)12-7-19-21(8-12)9-15-20-14(10-24-15)13-6-4-5-11(2)16(13)18/h4-8,10H,3,9H2,1-2H3. The molecule has 0 amide bonds. The number of carbonyl (C=O) groups is 1. The van der Waals surface area contributed by atoms with E-state index in [1.54, 1.807) is 36.9 Å². The zero-order chi connectivity index (χ0) is 17.1. The molecule has 0 aliphatic heterocycles. The number of hydrogen-bond acceptors (Lipinski definition) is 5. The van der Waals surface area contributed by atoms with Crippen LogP contribution in [0.2, 0.25) is 0 Å². The maximum Gasteiger partial charge on any atom is 0.341 e. The van der Waals surface area contributed by atoms with Crippen LogP contribution < -0.4 is 0 Å². The van der Waals surface area contributed by atoms with E-state index in [0.717, 1.165) is 5.01 Å². The number of hydrogen-bond donors (Lipinski definition) is 0. The summed E-state index contributed by atoms with van der Waals surface area (Å²) in [7, 11) is 0. The normalized spacial score (nSPS) is 10.8. The lowest BCUT2D eigenvalue weighted by atomic mass is 10.1. The summed E-state index contributed by atoms with van der Waals surface area (Å²) in [6.45, 7) is 4.22. The first-order valence-corrected chi connectivity index (χ1v) is 8.36. The molecular formula is C17H16FN3O2S. The molecule has 2 heterocycles. The fourth-order valence-electron chi connectivity index (χ4n) is 2.26. The number of carbonyl (C=O) groups excluding carboxylic acids is 1. The molecule has 2 aromatic heterocycles. The third-order valence-electron chi connectivity index (χ3n) is 3.46. The van der Waals surface area contributed by atoms with Crippen LogP contribution in [0.25, 0.3) is 11.3 Å². The summed E-state index contributed by atoms with van der Waals surface area (Å²) in [6, 6.07) is 5.26. The van der Waals surface area contributed by atoms with Gasteiger partial charge in [0.15, 0.2) is 0 Å². The van der Waals surface area contributed by atoms with Crippen molar-refractivity contribution in [1.82, 2.24) is 14.8 Å². The number of rotatable bonds is 5. The molecule has 0 bridgehead atoms. The quantitative estimate of drug-likeness (QED) is 0.662. The fourth-order valence-corrected chi connectivity index (χ4v) is 3.05. The highest BCUT2D eigenvalue weighted by atomic mass is 32.1. The van der Waals surface area contributed by atoms with Crippen LogP contribution in [0.3, 0.4) is 0 Å². The van der Waals surface area contributed by atoms with Crippen molar-refractivity contribution < 1.29 is 13.9 Å². The predicted molar refractivity (Wildman–Crippen MR) is 89.5 cm³/mol. The zero-order valence-corrected chi connectivity index (χ0v) is 14.1. The number of nitrogens with zero attached hydrogens (tertiary/aromatic N) is 3. The highest BCUT2D eigenvalue weighted by Crippen LogP contribution is 2.26. The first kappa shape index (κ1) is 16.3. The molecule has 0 atom stereocenters. The monoisotopic (exact) mass is 345 g/mol. The van der Waals surface area contributed by atoms with Gasteiger partial charge in [-0.1, -0.05) is 12.1 Å². The van der Waals surface area contributed by atoms with E-state index >= 15 is 0 Å². The molecular weight excluding hydrogens is 329 g/mol. The van der Waals surface area contributed by atoms with E-state index in [0.29, 0.717) is 35.5 Å². The largest absolute Gasteiger partial charge is 0.462 e. The number of halogens is 1. The Labute approximate surface area is 142 Å². The maximum absolute atomic E-state index is 14.2. The predicted octanol–water partition coefficient (Wildman–Crippen LogP) is 3.68. The molecule has 0 saturated carbocycles. The van der Waals surface area contributed by atoms with Gasteiger partial charge in [-0.15, -0.1) is 11.3 Å². The number of aromatic nitrogens is 3. The second-order valence-electron chi connectivity index (χ2n) is 5.21. The Bertz CT molecular complexity index is 872. The highest BCUT2D eigenvalue weighted by molar-refractivity contribution is 7.09. The number of esters is 1. The summed E-state index contributed by atoms with van der Waals surface area (Å²) >= 11 is 1.43. The van der Waals surface area contributed by atoms with Crippen LogP contribution in [0.15, 0.2) is 36.0 Å². The molecule has 0 radical (unpaired) electrons. The number of thiazole rings is 1. The average molecular weight is 345 g/mol. The summed E-state index contributed by atoms with van der Waals surface area (Å²) in [5.74, 6) is -0.650. The van der Waals surface area contributed by atoms with Crippen molar-refractivity contribution in [2.24, 2.45) is 0 Å². The lowest BCUT2D eigenvalue weighted by molar-refractivity contribution is 0.0526.